The van der Waals surface area contributed by atoms with Crippen LogP contribution in [0.2, 0.25) is 5.02 Å². The Kier molecular flexibility index (Phi) is 6.34. The summed E-state index contributed by atoms with van der Waals surface area (Å²) in [4.78, 5) is 38.1. The zero-order chi connectivity index (χ0) is 18.2. The molecule has 3 rings (SSSR count). The summed E-state index contributed by atoms with van der Waals surface area (Å²) in [5.74, 6) is -2.07. The van der Waals surface area contributed by atoms with E-state index >= 15 is 0 Å². The lowest BCUT2D eigenvalue weighted by molar-refractivity contribution is -0.144. The molecule has 2 amide bonds. The summed E-state index contributed by atoms with van der Waals surface area (Å²) in [7, 11) is 0. The van der Waals surface area contributed by atoms with Gasteiger partial charge in [0.15, 0.2) is 0 Å². The maximum Gasteiger partial charge on any atom is 0.289 e. The lowest BCUT2D eigenvalue weighted by Crippen LogP contribution is -2.36. The molecule has 1 saturated heterocycles. The molecule has 1 aliphatic heterocycles. The third kappa shape index (κ3) is 4.76. The van der Waals surface area contributed by atoms with Gasteiger partial charge in [-0.15, -0.1) is 0 Å². The van der Waals surface area contributed by atoms with Gasteiger partial charge in [0.2, 0.25) is 11.7 Å². The lowest BCUT2D eigenvalue weighted by atomic mass is 10.0. The van der Waals surface area contributed by atoms with Crippen LogP contribution >= 0.6 is 25.1 Å². The highest BCUT2D eigenvalue weighted by Crippen LogP contribution is 2.48. The number of likely N-dealkylation sites (tertiary alicyclic amines) is 1. The van der Waals surface area contributed by atoms with Crippen molar-refractivity contribution in [3.8, 4) is 0 Å². The van der Waals surface area contributed by atoms with Crippen LogP contribution in [0.3, 0.4) is 0 Å². The van der Waals surface area contributed by atoms with Crippen molar-refractivity contribution < 1.29 is 18.8 Å². The number of carbonyl (C=O) groups is 3. The fourth-order valence-electron chi connectivity index (χ4n) is 3.01. The SMILES string of the molecule is CC1(CC(=O)C(=O)N2CC[C@H](C(=O)Nc3ccc(F)c(Cl)c3)C2)CC1.S. The van der Waals surface area contributed by atoms with E-state index in [-0.39, 0.29) is 48.6 Å². The molecule has 0 unspecified atom stereocenters. The maximum absolute atomic E-state index is 13.2. The zero-order valence-electron chi connectivity index (χ0n) is 14.5. The second kappa shape index (κ2) is 7.96. The molecule has 2 fully saturated rings. The molecule has 1 aromatic rings. The van der Waals surface area contributed by atoms with Crippen LogP contribution < -0.4 is 5.32 Å². The number of hydrogen-bond donors (Lipinski definition) is 1. The number of rotatable bonds is 5. The zero-order valence-corrected chi connectivity index (χ0v) is 16.2. The Morgan fingerprint density at radius 1 is 1.35 bits per heavy atom. The highest BCUT2D eigenvalue weighted by molar-refractivity contribution is 7.59. The minimum atomic E-state index is -0.555. The molecular formula is C18H22ClFN2O3S. The van der Waals surface area contributed by atoms with Crippen LogP contribution in [0.4, 0.5) is 10.1 Å². The maximum atomic E-state index is 13.2. The molecule has 0 bridgehead atoms. The van der Waals surface area contributed by atoms with Gasteiger partial charge < -0.3 is 10.2 Å². The number of amides is 2. The summed E-state index contributed by atoms with van der Waals surface area (Å²) in [5, 5.41) is 2.61. The summed E-state index contributed by atoms with van der Waals surface area (Å²) in [6, 6.07) is 3.95. The number of anilines is 1. The minimum Gasteiger partial charge on any atom is -0.335 e. The third-order valence-electron chi connectivity index (χ3n) is 4.96. The number of halogens is 2. The van der Waals surface area contributed by atoms with E-state index in [1.807, 2.05) is 6.92 Å². The molecule has 1 atom stereocenters. The third-order valence-corrected chi connectivity index (χ3v) is 5.25. The normalized spacial score (nSPS) is 20.3. The molecule has 1 aromatic carbocycles. The molecule has 8 heteroatoms. The molecule has 1 saturated carbocycles. The summed E-state index contributed by atoms with van der Waals surface area (Å²) in [6.45, 7) is 2.62. The van der Waals surface area contributed by atoms with Crippen LogP contribution in [0, 0.1) is 17.2 Å². The van der Waals surface area contributed by atoms with Gasteiger partial charge in [0.1, 0.15) is 5.82 Å². The van der Waals surface area contributed by atoms with Gasteiger partial charge in [0.25, 0.3) is 5.91 Å². The van der Waals surface area contributed by atoms with E-state index in [1.54, 1.807) is 0 Å². The Morgan fingerprint density at radius 3 is 2.65 bits per heavy atom. The summed E-state index contributed by atoms with van der Waals surface area (Å²) < 4.78 is 13.2. The van der Waals surface area contributed by atoms with Crippen LogP contribution in [0.15, 0.2) is 18.2 Å². The van der Waals surface area contributed by atoms with Gasteiger partial charge in [-0.05, 0) is 42.9 Å². The molecule has 5 nitrogen and oxygen atoms in total. The number of nitrogens with zero attached hydrogens (tertiary/aromatic N) is 1. The summed E-state index contributed by atoms with van der Waals surface area (Å²) >= 11 is 5.70. The van der Waals surface area contributed by atoms with Gasteiger partial charge in [0, 0.05) is 25.2 Å². The standard InChI is InChI=1S/C18H20ClFN2O3.H2S/c1-18(5-6-18)9-15(23)17(25)22-7-4-11(10-22)16(24)21-12-2-3-14(20)13(19)8-12;/h2-3,8,11H,4-7,9-10H2,1H3,(H,21,24);1H2/t11-;/m0./s1. The van der Waals surface area contributed by atoms with Crippen molar-refractivity contribution in [1.82, 2.24) is 4.90 Å². The largest absolute Gasteiger partial charge is 0.335 e. The monoisotopic (exact) mass is 400 g/mol. The number of carbonyl (C=O) groups excluding carboxylic acids is 3. The van der Waals surface area contributed by atoms with Crippen molar-refractivity contribution in [3.05, 3.63) is 29.0 Å². The molecule has 26 heavy (non-hydrogen) atoms. The Bertz CT molecular complexity index is 739. The van der Waals surface area contributed by atoms with Crippen molar-refractivity contribution in [3.63, 3.8) is 0 Å². The van der Waals surface area contributed by atoms with Gasteiger partial charge in [-0.25, -0.2) is 4.39 Å². The van der Waals surface area contributed by atoms with Gasteiger partial charge >= 0.3 is 0 Å². The molecule has 142 valence electrons. The molecule has 1 aliphatic carbocycles. The van der Waals surface area contributed by atoms with Crippen LogP contribution in [0.25, 0.3) is 0 Å². The average Bonchev–Trinajstić information content (AvgIpc) is 3.10. The Labute approximate surface area is 163 Å². The number of hydrogen-bond acceptors (Lipinski definition) is 3. The first kappa shape index (κ1) is 20.7. The first-order chi connectivity index (χ1) is 11.8. The van der Waals surface area contributed by atoms with E-state index in [0.29, 0.717) is 18.7 Å². The first-order valence-corrected chi connectivity index (χ1v) is 8.73. The quantitative estimate of drug-likeness (QED) is 0.772. The first-order valence-electron chi connectivity index (χ1n) is 8.35. The highest BCUT2D eigenvalue weighted by Gasteiger charge is 2.42. The second-order valence-corrected chi connectivity index (χ2v) is 7.67. The van der Waals surface area contributed by atoms with E-state index in [1.165, 1.54) is 23.1 Å². The molecule has 0 spiro atoms. The molecule has 1 heterocycles. The van der Waals surface area contributed by atoms with Gasteiger partial charge in [-0.1, -0.05) is 18.5 Å². The van der Waals surface area contributed by atoms with E-state index < -0.39 is 17.6 Å². The van der Waals surface area contributed by atoms with Crippen LogP contribution in [0.1, 0.15) is 32.6 Å². The second-order valence-electron chi connectivity index (χ2n) is 7.27. The van der Waals surface area contributed by atoms with Gasteiger partial charge in [0.05, 0.1) is 10.9 Å². The summed E-state index contributed by atoms with van der Waals surface area (Å²) in [5.41, 5.74) is 0.393. The van der Waals surface area contributed by atoms with E-state index in [0.717, 1.165) is 12.8 Å². The topological polar surface area (TPSA) is 66.5 Å². The van der Waals surface area contributed by atoms with Crippen molar-refractivity contribution in [2.75, 3.05) is 18.4 Å². The van der Waals surface area contributed by atoms with Crippen molar-refractivity contribution in [2.24, 2.45) is 11.3 Å². The number of nitrogens with one attached hydrogen (secondary N) is 1. The van der Waals surface area contributed by atoms with Crippen molar-refractivity contribution >= 4 is 48.4 Å². The lowest BCUT2D eigenvalue weighted by Gasteiger charge is -2.17. The fraction of sp³-hybridized carbons (Fsp3) is 0.500. The van der Waals surface area contributed by atoms with Crippen LogP contribution in [-0.4, -0.2) is 35.6 Å². The number of benzene rings is 1. The predicted octanol–water partition coefficient (Wildman–Crippen LogP) is 3.14. The molecule has 2 aliphatic rings. The van der Waals surface area contributed by atoms with Crippen LogP contribution in [0.5, 0.6) is 0 Å². The number of ketones is 1. The Morgan fingerprint density at radius 2 is 2.04 bits per heavy atom. The minimum absolute atomic E-state index is 0. The molecule has 0 radical (unpaired) electrons. The smallest absolute Gasteiger partial charge is 0.289 e. The van der Waals surface area contributed by atoms with E-state index in [2.05, 4.69) is 5.32 Å². The van der Waals surface area contributed by atoms with Crippen molar-refractivity contribution in [2.45, 2.75) is 32.6 Å². The van der Waals surface area contributed by atoms with Crippen molar-refractivity contribution in [1.29, 1.82) is 0 Å². The van der Waals surface area contributed by atoms with E-state index in [9.17, 15) is 18.8 Å². The van der Waals surface area contributed by atoms with Gasteiger partial charge in [-0.2, -0.15) is 13.5 Å². The Hall–Kier alpha value is -1.60. The Balaban J connectivity index is 0.00000243. The molecule has 1 N–H and O–H groups in total. The molecular weight excluding hydrogens is 379 g/mol. The van der Waals surface area contributed by atoms with Gasteiger partial charge in [-0.3, -0.25) is 14.4 Å². The molecule has 0 aromatic heterocycles. The summed E-state index contributed by atoms with van der Waals surface area (Å²) in [6.07, 6.45) is 2.75. The average molecular weight is 401 g/mol. The van der Waals surface area contributed by atoms with E-state index in [4.69, 9.17) is 11.6 Å². The predicted molar refractivity (Wildman–Crippen MR) is 102 cm³/mol. The number of Topliss-reactive ketones (excluding diaryl/α,β-unsaturated/α-hetero) is 1. The highest BCUT2D eigenvalue weighted by atomic mass is 35.5. The van der Waals surface area contributed by atoms with Crippen LogP contribution in [-0.2, 0) is 14.4 Å². The fourth-order valence-corrected chi connectivity index (χ4v) is 3.19.